The highest BCUT2D eigenvalue weighted by molar-refractivity contribution is 7.12. The normalized spacial score (nSPS) is 16.8. The number of allylic oxidation sites excluding steroid dienone is 2. The number of esters is 1. The molecule has 0 saturated heterocycles. The lowest BCUT2D eigenvalue weighted by Crippen LogP contribution is -2.48. The molecule has 12 heteroatoms. The fourth-order valence-electron chi connectivity index (χ4n) is 5.09. The van der Waals surface area contributed by atoms with E-state index in [0.29, 0.717) is 12.0 Å². The number of aliphatic hydroxyl groups excluding tert-OH is 1. The molecule has 0 atom stereocenters. The minimum absolute atomic E-state index is 0.0671. The Kier molecular flexibility index (Phi) is 8.38. The van der Waals surface area contributed by atoms with Crippen LogP contribution >= 0.6 is 22.7 Å². The highest BCUT2D eigenvalue weighted by Crippen LogP contribution is 2.65. The smallest absolute Gasteiger partial charge is 0.380 e. The Hall–Kier alpha value is -3.74. The lowest BCUT2D eigenvalue weighted by molar-refractivity contribution is -0.254. The summed E-state index contributed by atoms with van der Waals surface area (Å²) < 4.78 is 95.4. The second kappa shape index (κ2) is 11.6. The number of thiophene rings is 2. The van der Waals surface area contributed by atoms with Crippen LogP contribution in [-0.4, -0.2) is 35.1 Å². The van der Waals surface area contributed by atoms with Crippen LogP contribution in [0.5, 0.6) is 0 Å². The fourth-order valence-corrected chi connectivity index (χ4v) is 6.96. The molecule has 2 aromatic heterocycles. The van der Waals surface area contributed by atoms with E-state index in [4.69, 9.17) is 4.74 Å². The number of hydrogen-bond donors (Lipinski definition) is 1. The van der Waals surface area contributed by atoms with Crippen molar-refractivity contribution in [3.8, 4) is 0 Å². The van der Waals surface area contributed by atoms with Gasteiger partial charge in [0.15, 0.2) is 0 Å². The quantitative estimate of drug-likeness (QED) is 0.112. The SMILES string of the molecule is Cc1sc(CO)cc1C1=C(c2cc(COC(=O)c3ccc(Cc4ccc(C=O)cc4)cc3)sc2C)C(F)(F)C(F)(F)C1(F)F. The number of benzene rings is 2. The maximum absolute atomic E-state index is 15.2. The number of hydrogen-bond acceptors (Lipinski definition) is 6. The zero-order valence-corrected chi connectivity index (χ0v) is 24.9. The van der Waals surface area contributed by atoms with Gasteiger partial charge < -0.3 is 9.84 Å². The Morgan fingerprint density at radius 1 is 0.795 bits per heavy atom. The van der Waals surface area contributed by atoms with E-state index in [1.807, 2.05) is 12.1 Å². The summed E-state index contributed by atoms with van der Waals surface area (Å²) in [5.74, 6) is -16.8. The fraction of sp³-hybridized carbons (Fsp3) is 0.250. The van der Waals surface area contributed by atoms with Crippen molar-refractivity contribution in [2.24, 2.45) is 0 Å². The maximum atomic E-state index is 15.2. The third-order valence-corrected chi connectivity index (χ3v) is 9.42. The van der Waals surface area contributed by atoms with Crippen molar-refractivity contribution < 1.29 is 45.8 Å². The molecule has 5 rings (SSSR count). The summed E-state index contributed by atoms with van der Waals surface area (Å²) in [6, 6.07) is 15.7. The Morgan fingerprint density at radius 3 is 1.75 bits per heavy atom. The average molecular weight is 651 g/mol. The van der Waals surface area contributed by atoms with Crippen LogP contribution in [0.25, 0.3) is 11.1 Å². The predicted octanol–water partition coefficient (Wildman–Crippen LogP) is 8.51. The van der Waals surface area contributed by atoms with Crippen LogP contribution in [-0.2, 0) is 24.4 Å². The first kappa shape index (κ1) is 31.7. The molecule has 0 fully saturated rings. The molecule has 4 nitrogen and oxygen atoms in total. The lowest BCUT2D eigenvalue weighted by atomic mass is 9.95. The molecule has 0 bridgehead atoms. The number of rotatable bonds is 9. The largest absolute Gasteiger partial charge is 0.456 e. The Labute approximate surface area is 256 Å². The van der Waals surface area contributed by atoms with Gasteiger partial charge in [-0.25, -0.2) is 4.79 Å². The summed E-state index contributed by atoms with van der Waals surface area (Å²) in [5, 5.41) is 9.42. The number of aliphatic hydroxyl groups is 1. The van der Waals surface area contributed by atoms with Gasteiger partial charge in [-0.3, -0.25) is 4.79 Å². The molecule has 0 amide bonds. The molecule has 44 heavy (non-hydrogen) atoms. The van der Waals surface area contributed by atoms with E-state index < -0.39 is 59.2 Å². The van der Waals surface area contributed by atoms with Crippen molar-refractivity contribution in [1.82, 2.24) is 0 Å². The molecule has 2 aromatic carbocycles. The number of carbonyl (C=O) groups is 2. The van der Waals surface area contributed by atoms with Crippen LogP contribution in [0, 0.1) is 13.8 Å². The van der Waals surface area contributed by atoms with Gasteiger partial charge in [0.25, 0.3) is 0 Å². The molecule has 2 heterocycles. The molecule has 1 aliphatic carbocycles. The van der Waals surface area contributed by atoms with Crippen molar-refractivity contribution in [3.05, 3.63) is 114 Å². The van der Waals surface area contributed by atoms with Crippen LogP contribution in [0.3, 0.4) is 0 Å². The van der Waals surface area contributed by atoms with E-state index >= 15 is 17.6 Å². The van der Waals surface area contributed by atoms with Crippen LogP contribution in [0.1, 0.15) is 62.5 Å². The number of aldehydes is 1. The lowest BCUT2D eigenvalue weighted by Gasteiger charge is -2.25. The topological polar surface area (TPSA) is 63.6 Å². The van der Waals surface area contributed by atoms with Crippen molar-refractivity contribution in [2.45, 2.75) is 51.2 Å². The summed E-state index contributed by atoms with van der Waals surface area (Å²) >= 11 is 1.71. The average Bonchev–Trinajstić information content (AvgIpc) is 3.58. The Morgan fingerprint density at radius 2 is 1.27 bits per heavy atom. The van der Waals surface area contributed by atoms with Crippen LogP contribution in [0.15, 0.2) is 60.7 Å². The molecule has 1 N–H and O–H groups in total. The predicted molar refractivity (Wildman–Crippen MR) is 156 cm³/mol. The van der Waals surface area contributed by atoms with Crippen molar-refractivity contribution in [2.75, 3.05) is 0 Å². The van der Waals surface area contributed by atoms with Crippen LogP contribution < -0.4 is 0 Å². The molecule has 0 spiro atoms. The summed E-state index contributed by atoms with van der Waals surface area (Å²) in [6.45, 7) is 1.70. The van der Waals surface area contributed by atoms with Gasteiger partial charge in [0.1, 0.15) is 12.9 Å². The van der Waals surface area contributed by atoms with Gasteiger partial charge in [-0.2, -0.15) is 26.3 Å². The van der Waals surface area contributed by atoms with Crippen molar-refractivity contribution in [1.29, 1.82) is 0 Å². The van der Waals surface area contributed by atoms with E-state index in [1.165, 1.54) is 13.8 Å². The number of carbonyl (C=O) groups excluding carboxylic acids is 2. The molecule has 0 aliphatic heterocycles. The highest BCUT2D eigenvalue weighted by Gasteiger charge is 2.80. The first-order valence-electron chi connectivity index (χ1n) is 13.2. The van der Waals surface area contributed by atoms with E-state index in [-0.39, 0.29) is 25.1 Å². The third kappa shape index (κ3) is 5.39. The van der Waals surface area contributed by atoms with Gasteiger partial charge in [-0.15, -0.1) is 22.7 Å². The monoisotopic (exact) mass is 650 g/mol. The zero-order chi connectivity index (χ0) is 32.0. The molecular weight excluding hydrogens is 626 g/mol. The Bertz CT molecular complexity index is 1750. The van der Waals surface area contributed by atoms with Crippen LogP contribution in [0.4, 0.5) is 26.3 Å². The van der Waals surface area contributed by atoms with Gasteiger partial charge in [0.2, 0.25) is 0 Å². The number of ether oxygens (including phenoxy) is 1. The van der Waals surface area contributed by atoms with E-state index in [1.54, 1.807) is 36.4 Å². The highest BCUT2D eigenvalue weighted by atomic mass is 32.1. The second-order valence-corrected chi connectivity index (χ2v) is 13.0. The molecular formula is C32H24F6O4S2. The molecule has 0 radical (unpaired) electrons. The summed E-state index contributed by atoms with van der Waals surface area (Å²) in [6.07, 6.45) is 1.30. The van der Waals surface area contributed by atoms with E-state index in [9.17, 15) is 23.5 Å². The third-order valence-electron chi connectivity index (χ3n) is 7.36. The van der Waals surface area contributed by atoms with Crippen molar-refractivity contribution >= 4 is 46.1 Å². The van der Waals surface area contributed by atoms with E-state index in [0.717, 1.165) is 52.2 Å². The van der Waals surface area contributed by atoms with Crippen LogP contribution in [0.2, 0.25) is 0 Å². The van der Waals surface area contributed by atoms with Gasteiger partial charge in [-0.1, -0.05) is 36.4 Å². The second-order valence-electron chi connectivity index (χ2n) is 10.3. The molecule has 1 aliphatic rings. The van der Waals surface area contributed by atoms with Gasteiger partial charge in [0.05, 0.1) is 12.2 Å². The zero-order valence-electron chi connectivity index (χ0n) is 23.2. The van der Waals surface area contributed by atoms with E-state index in [2.05, 4.69) is 0 Å². The first-order valence-corrected chi connectivity index (χ1v) is 14.8. The molecule has 0 saturated carbocycles. The first-order chi connectivity index (χ1) is 20.7. The standard InChI is InChI=1S/C32H24F6O4S2/c1-17-25(12-23(15-40)43-17)27-28(31(35,36)32(37,38)30(27,33)34)26-13-24(44-18(26)2)16-42-29(41)22-9-7-20(8-10-22)11-19-3-5-21(14-39)6-4-19/h3-10,12-14,40H,11,15-16H2,1-2H3. The minimum atomic E-state index is -5.70. The number of aryl methyl sites for hydroxylation is 2. The summed E-state index contributed by atoms with van der Waals surface area (Å²) in [7, 11) is 0. The van der Waals surface area contributed by atoms with Gasteiger partial charge >= 0.3 is 23.7 Å². The summed E-state index contributed by atoms with van der Waals surface area (Å²) in [4.78, 5) is 24.0. The minimum Gasteiger partial charge on any atom is -0.456 e. The van der Waals surface area contributed by atoms with Gasteiger partial charge in [0, 0.05) is 36.2 Å². The number of alkyl halides is 6. The maximum Gasteiger partial charge on any atom is 0.380 e. The Balaban J connectivity index is 1.38. The summed E-state index contributed by atoms with van der Waals surface area (Å²) in [5.41, 5.74) is -1.32. The number of halogens is 6. The van der Waals surface area contributed by atoms with Gasteiger partial charge in [-0.05, 0) is 66.8 Å². The molecule has 0 unspecified atom stereocenters. The van der Waals surface area contributed by atoms with Crippen molar-refractivity contribution in [3.63, 3.8) is 0 Å². The molecule has 4 aromatic rings. The molecule has 230 valence electrons.